The second-order valence-electron chi connectivity index (χ2n) is 6.32. The van der Waals surface area contributed by atoms with E-state index in [4.69, 9.17) is 4.74 Å². The first kappa shape index (κ1) is 15.3. The van der Waals surface area contributed by atoms with Crippen molar-refractivity contribution in [1.29, 1.82) is 0 Å². The van der Waals surface area contributed by atoms with Gasteiger partial charge in [-0.3, -0.25) is 0 Å². The van der Waals surface area contributed by atoms with E-state index in [1.54, 1.807) is 0 Å². The zero-order chi connectivity index (χ0) is 15.4. The molecular weight excluding hydrogens is 268 g/mol. The lowest BCUT2D eigenvalue weighted by Crippen LogP contribution is -2.13. The highest BCUT2D eigenvalue weighted by atomic mass is 16.5. The monoisotopic (exact) mass is 294 g/mol. The quantitative estimate of drug-likeness (QED) is 0.596. The van der Waals surface area contributed by atoms with Crippen molar-refractivity contribution in [2.75, 3.05) is 6.61 Å². The van der Waals surface area contributed by atoms with Crippen LogP contribution in [-0.4, -0.2) is 6.61 Å². The van der Waals surface area contributed by atoms with Gasteiger partial charge in [0.15, 0.2) is 0 Å². The molecule has 0 saturated carbocycles. The highest BCUT2D eigenvalue weighted by Crippen LogP contribution is 2.35. The molecule has 0 aromatic heterocycles. The third kappa shape index (κ3) is 3.10. The molecule has 2 aromatic rings. The minimum atomic E-state index is 0.106. The largest absolute Gasteiger partial charge is 0.369 e. The van der Waals surface area contributed by atoms with Gasteiger partial charge in [0.25, 0.3) is 0 Å². The van der Waals surface area contributed by atoms with E-state index in [9.17, 15) is 0 Å². The third-order valence-corrected chi connectivity index (χ3v) is 4.78. The molecule has 0 amide bonds. The molecule has 1 aliphatic rings. The smallest absolute Gasteiger partial charge is 0.102 e. The maximum Gasteiger partial charge on any atom is 0.102 e. The van der Waals surface area contributed by atoms with Crippen molar-refractivity contribution in [1.82, 2.24) is 0 Å². The molecule has 0 N–H and O–H groups in total. The van der Waals surface area contributed by atoms with Gasteiger partial charge >= 0.3 is 0 Å². The van der Waals surface area contributed by atoms with E-state index < -0.39 is 0 Å². The fourth-order valence-electron chi connectivity index (χ4n) is 3.35. The fourth-order valence-corrected chi connectivity index (χ4v) is 3.35. The first-order valence-corrected chi connectivity index (χ1v) is 8.65. The lowest BCUT2D eigenvalue weighted by molar-refractivity contribution is 0.0533. The highest BCUT2D eigenvalue weighted by Gasteiger charge is 2.19. The Bertz CT molecular complexity index is 651. The second kappa shape index (κ2) is 7.11. The van der Waals surface area contributed by atoms with E-state index in [1.807, 2.05) is 0 Å². The number of hydrogen-bond donors (Lipinski definition) is 0. The molecule has 2 atom stereocenters. The van der Waals surface area contributed by atoms with Crippen molar-refractivity contribution in [3.63, 3.8) is 0 Å². The van der Waals surface area contributed by atoms with E-state index >= 15 is 0 Å². The molecule has 1 aliphatic carbocycles. The Labute approximate surface area is 134 Å². The summed E-state index contributed by atoms with van der Waals surface area (Å²) in [4.78, 5) is 0. The maximum absolute atomic E-state index is 6.29. The van der Waals surface area contributed by atoms with Crippen molar-refractivity contribution in [3.05, 3.63) is 53.6 Å². The summed E-state index contributed by atoms with van der Waals surface area (Å²) < 4.78 is 6.29. The van der Waals surface area contributed by atoms with Crippen LogP contribution in [0.25, 0.3) is 16.8 Å². The van der Waals surface area contributed by atoms with Gasteiger partial charge in [0, 0.05) is 0 Å². The Morgan fingerprint density at radius 1 is 1.09 bits per heavy atom. The van der Waals surface area contributed by atoms with Crippen LogP contribution < -0.4 is 0 Å². The van der Waals surface area contributed by atoms with Gasteiger partial charge in [0.05, 0.1) is 6.61 Å². The Hall–Kier alpha value is -1.60. The fraction of sp³-hybridized carbons (Fsp3) is 0.429. The van der Waals surface area contributed by atoms with Crippen LogP contribution in [0.15, 0.2) is 42.5 Å². The predicted octanol–water partition coefficient (Wildman–Crippen LogP) is 6.14. The number of unbranched alkanes of at least 4 members (excludes halogenated alkanes) is 1. The molecule has 22 heavy (non-hydrogen) atoms. The summed E-state index contributed by atoms with van der Waals surface area (Å²) in [5.41, 5.74) is 2.63. The molecule has 2 aromatic carbocycles. The van der Waals surface area contributed by atoms with E-state index in [-0.39, 0.29) is 6.10 Å². The van der Waals surface area contributed by atoms with Gasteiger partial charge < -0.3 is 4.74 Å². The minimum absolute atomic E-state index is 0.106. The van der Waals surface area contributed by atoms with Gasteiger partial charge in [0.1, 0.15) is 6.10 Å². The van der Waals surface area contributed by atoms with Gasteiger partial charge in [-0.05, 0) is 34.2 Å². The predicted molar refractivity (Wildman–Crippen MR) is 95.0 cm³/mol. The Kier molecular flexibility index (Phi) is 4.94. The summed E-state index contributed by atoms with van der Waals surface area (Å²) in [5, 5.41) is 2.67. The summed E-state index contributed by atoms with van der Waals surface area (Å²) in [6, 6.07) is 13.1. The van der Waals surface area contributed by atoms with Crippen molar-refractivity contribution in [3.8, 4) is 0 Å². The Morgan fingerprint density at radius 2 is 1.91 bits per heavy atom. The lowest BCUT2D eigenvalue weighted by Gasteiger charge is -2.24. The molecule has 0 saturated heterocycles. The molecule has 0 fully saturated rings. The minimum Gasteiger partial charge on any atom is -0.369 e. The Morgan fingerprint density at radius 3 is 2.68 bits per heavy atom. The van der Waals surface area contributed by atoms with Crippen LogP contribution in [0.2, 0.25) is 0 Å². The number of benzene rings is 2. The van der Waals surface area contributed by atoms with Crippen molar-refractivity contribution < 1.29 is 4.74 Å². The van der Waals surface area contributed by atoms with Crippen LogP contribution in [0, 0.1) is 5.92 Å². The van der Waals surface area contributed by atoms with Crippen molar-refractivity contribution in [2.24, 2.45) is 5.92 Å². The molecule has 0 bridgehead atoms. The van der Waals surface area contributed by atoms with Crippen LogP contribution >= 0.6 is 0 Å². The van der Waals surface area contributed by atoms with Crippen LogP contribution in [0.4, 0.5) is 0 Å². The first-order chi connectivity index (χ1) is 10.8. The molecule has 0 radical (unpaired) electrons. The summed E-state index contributed by atoms with van der Waals surface area (Å²) in [7, 11) is 0. The number of rotatable bonds is 7. The summed E-state index contributed by atoms with van der Waals surface area (Å²) >= 11 is 0. The topological polar surface area (TPSA) is 9.23 Å². The van der Waals surface area contributed by atoms with E-state index in [1.165, 1.54) is 47.6 Å². The SMILES string of the molecule is CCCCC(CC)COC1C=Cc2cccc3cccc1c23. The summed E-state index contributed by atoms with van der Waals surface area (Å²) in [6.07, 6.45) is 9.60. The normalized spacial score (nSPS) is 17.8. The summed E-state index contributed by atoms with van der Waals surface area (Å²) in [5.74, 6) is 0.685. The zero-order valence-electron chi connectivity index (χ0n) is 13.7. The van der Waals surface area contributed by atoms with Crippen molar-refractivity contribution in [2.45, 2.75) is 45.6 Å². The maximum atomic E-state index is 6.29. The van der Waals surface area contributed by atoms with Crippen LogP contribution in [-0.2, 0) is 4.74 Å². The van der Waals surface area contributed by atoms with Gasteiger partial charge in [-0.2, -0.15) is 0 Å². The van der Waals surface area contributed by atoms with Gasteiger partial charge in [0.2, 0.25) is 0 Å². The lowest BCUT2D eigenvalue weighted by atomic mass is 9.91. The molecular formula is C21H26O. The average Bonchev–Trinajstić information content (AvgIpc) is 2.57. The zero-order valence-corrected chi connectivity index (χ0v) is 13.7. The highest BCUT2D eigenvalue weighted by molar-refractivity contribution is 5.95. The summed E-state index contributed by atoms with van der Waals surface area (Å²) in [6.45, 7) is 5.40. The first-order valence-electron chi connectivity index (χ1n) is 8.65. The van der Waals surface area contributed by atoms with Crippen LogP contribution in [0.5, 0.6) is 0 Å². The van der Waals surface area contributed by atoms with Gasteiger partial charge in [-0.15, -0.1) is 0 Å². The number of ether oxygens (including phenoxy) is 1. The molecule has 116 valence electrons. The molecule has 0 aliphatic heterocycles. The molecule has 2 unspecified atom stereocenters. The molecule has 3 rings (SSSR count). The van der Waals surface area contributed by atoms with Gasteiger partial charge in [-0.1, -0.05) is 81.7 Å². The standard InChI is InChI=1S/C21H26O/c1-3-5-8-16(4-2)15-22-20-14-13-18-10-6-9-17-11-7-12-19(20)21(17)18/h6-7,9-14,16,20H,3-5,8,15H2,1-2H3. The van der Waals surface area contributed by atoms with E-state index in [0.717, 1.165) is 6.61 Å². The molecule has 0 spiro atoms. The second-order valence-corrected chi connectivity index (χ2v) is 6.32. The third-order valence-electron chi connectivity index (χ3n) is 4.78. The molecule has 0 heterocycles. The van der Waals surface area contributed by atoms with Gasteiger partial charge in [-0.25, -0.2) is 0 Å². The Balaban J connectivity index is 1.77. The van der Waals surface area contributed by atoms with E-state index in [2.05, 4.69) is 62.4 Å². The van der Waals surface area contributed by atoms with Crippen molar-refractivity contribution >= 4 is 16.8 Å². The van der Waals surface area contributed by atoms with Crippen LogP contribution in [0.1, 0.15) is 56.8 Å². The number of hydrogen-bond acceptors (Lipinski definition) is 1. The van der Waals surface area contributed by atoms with E-state index in [0.29, 0.717) is 5.92 Å². The average molecular weight is 294 g/mol. The molecule has 1 heteroatoms. The van der Waals surface area contributed by atoms with Crippen LogP contribution in [0.3, 0.4) is 0 Å². The molecule has 1 nitrogen and oxygen atoms in total.